The molecule has 4 heteroatoms. The van der Waals surface area contributed by atoms with Gasteiger partial charge < -0.3 is 13.7 Å². The van der Waals surface area contributed by atoms with Gasteiger partial charge in [0.1, 0.15) is 16.7 Å². The molecule has 0 atom stereocenters. The Hall–Kier alpha value is -7.17. The molecule has 0 fully saturated rings. The third kappa shape index (κ3) is 5.63. The third-order valence-corrected chi connectivity index (χ3v) is 9.91. The van der Waals surface area contributed by atoms with Crippen LogP contribution in [0.25, 0.3) is 77.9 Å². The predicted molar refractivity (Wildman–Crippen MR) is 218 cm³/mol. The SMILES string of the molecule is c1ccc(-c2ccc(-c3ccc(N(c4cccc(-c5ccccc5)c4)c4cccc5oc6cc7oc(-c8ccccc8)nc7cc6c45)cc3)cc2)cc1. The number of oxazole rings is 1. The Morgan fingerprint density at radius 2 is 0.906 bits per heavy atom. The van der Waals surface area contributed by atoms with Crippen LogP contribution in [0.15, 0.2) is 203 Å². The molecule has 8 aromatic carbocycles. The number of hydrogen-bond donors (Lipinski definition) is 0. The number of anilines is 3. The van der Waals surface area contributed by atoms with Crippen molar-refractivity contribution in [3.63, 3.8) is 0 Å². The van der Waals surface area contributed by atoms with Gasteiger partial charge in [0.05, 0.1) is 11.1 Å². The Morgan fingerprint density at radius 3 is 1.57 bits per heavy atom. The summed E-state index contributed by atoms with van der Waals surface area (Å²) in [6.45, 7) is 0. The van der Waals surface area contributed by atoms with Gasteiger partial charge in [-0.3, -0.25) is 0 Å². The zero-order valence-corrected chi connectivity index (χ0v) is 28.7. The molecule has 2 heterocycles. The molecule has 0 N–H and O–H groups in total. The summed E-state index contributed by atoms with van der Waals surface area (Å²) in [6, 6.07) is 67.7. The van der Waals surface area contributed by atoms with Crippen molar-refractivity contribution < 1.29 is 8.83 Å². The number of nitrogens with zero attached hydrogens (tertiary/aromatic N) is 2. The second-order valence-corrected chi connectivity index (χ2v) is 13.2. The fourth-order valence-electron chi connectivity index (χ4n) is 7.29. The van der Waals surface area contributed by atoms with Gasteiger partial charge in [-0.05, 0) is 88.0 Å². The molecular weight excluding hydrogens is 649 g/mol. The second-order valence-electron chi connectivity index (χ2n) is 13.2. The molecular formula is C49H32N2O2. The maximum absolute atomic E-state index is 6.54. The number of rotatable bonds is 7. The molecule has 53 heavy (non-hydrogen) atoms. The highest BCUT2D eigenvalue weighted by Crippen LogP contribution is 2.45. The van der Waals surface area contributed by atoms with Crippen LogP contribution in [0.3, 0.4) is 0 Å². The van der Waals surface area contributed by atoms with Gasteiger partial charge in [-0.15, -0.1) is 0 Å². The van der Waals surface area contributed by atoms with Gasteiger partial charge in [-0.2, -0.15) is 0 Å². The fraction of sp³-hybridized carbons (Fsp3) is 0. The van der Waals surface area contributed by atoms with Gasteiger partial charge in [-0.25, -0.2) is 4.98 Å². The predicted octanol–water partition coefficient (Wildman–Crippen LogP) is 13.9. The van der Waals surface area contributed by atoms with E-state index in [-0.39, 0.29) is 0 Å². The lowest BCUT2D eigenvalue weighted by Gasteiger charge is -2.27. The first-order chi connectivity index (χ1) is 26.2. The van der Waals surface area contributed by atoms with E-state index in [1.54, 1.807) is 0 Å². The number of aromatic nitrogens is 1. The van der Waals surface area contributed by atoms with E-state index < -0.39 is 0 Å². The Balaban J connectivity index is 1.11. The molecule has 0 aliphatic heterocycles. The zero-order valence-electron chi connectivity index (χ0n) is 28.7. The summed E-state index contributed by atoms with van der Waals surface area (Å²) in [6.07, 6.45) is 0. The van der Waals surface area contributed by atoms with Crippen molar-refractivity contribution in [2.45, 2.75) is 0 Å². The summed E-state index contributed by atoms with van der Waals surface area (Å²) in [5.74, 6) is 0.590. The van der Waals surface area contributed by atoms with Crippen LogP contribution in [-0.2, 0) is 0 Å². The van der Waals surface area contributed by atoms with E-state index >= 15 is 0 Å². The largest absolute Gasteiger partial charge is 0.456 e. The van der Waals surface area contributed by atoms with Crippen LogP contribution in [0.2, 0.25) is 0 Å². The maximum Gasteiger partial charge on any atom is 0.227 e. The van der Waals surface area contributed by atoms with Crippen LogP contribution >= 0.6 is 0 Å². The lowest BCUT2D eigenvalue weighted by Crippen LogP contribution is -2.10. The molecule has 4 nitrogen and oxygen atoms in total. The Morgan fingerprint density at radius 1 is 0.358 bits per heavy atom. The number of furan rings is 1. The first kappa shape index (κ1) is 30.6. The molecule has 250 valence electrons. The molecule has 0 saturated heterocycles. The molecule has 0 bridgehead atoms. The minimum absolute atomic E-state index is 0.590. The minimum atomic E-state index is 0.590. The molecule has 0 saturated carbocycles. The summed E-state index contributed by atoms with van der Waals surface area (Å²) < 4.78 is 12.8. The highest BCUT2D eigenvalue weighted by Gasteiger charge is 2.21. The van der Waals surface area contributed by atoms with Crippen LogP contribution < -0.4 is 4.90 Å². The van der Waals surface area contributed by atoms with Crippen LogP contribution in [0.1, 0.15) is 0 Å². The Labute approximate surface area is 306 Å². The third-order valence-electron chi connectivity index (χ3n) is 9.91. The van der Waals surface area contributed by atoms with Crippen LogP contribution in [-0.4, -0.2) is 4.98 Å². The summed E-state index contributed by atoms with van der Waals surface area (Å²) in [7, 11) is 0. The lowest BCUT2D eigenvalue weighted by molar-refractivity contribution is 0.617. The average molecular weight is 681 g/mol. The monoisotopic (exact) mass is 680 g/mol. The topological polar surface area (TPSA) is 42.4 Å². The molecule has 0 amide bonds. The van der Waals surface area contributed by atoms with E-state index in [1.165, 1.54) is 22.3 Å². The summed E-state index contributed by atoms with van der Waals surface area (Å²) in [5.41, 5.74) is 14.1. The number of fused-ring (bicyclic) bond motifs is 4. The summed E-state index contributed by atoms with van der Waals surface area (Å²) in [5, 5.41) is 2.00. The van der Waals surface area contributed by atoms with Crippen LogP contribution in [0.4, 0.5) is 17.1 Å². The molecule has 10 aromatic rings. The highest BCUT2D eigenvalue weighted by molar-refractivity contribution is 6.15. The van der Waals surface area contributed by atoms with Crippen molar-refractivity contribution in [3.05, 3.63) is 194 Å². The van der Waals surface area contributed by atoms with Gasteiger partial charge in [-0.1, -0.05) is 133 Å². The highest BCUT2D eigenvalue weighted by atomic mass is 16.4. The van der Waals surface area contributed by atoms with Crippen molar-refractivity contribution in [2.75, 3.05) is 4.90 Å². The van der Waals surface area contributed by atoms with Crippen LogP contribution in [0, 0.1) is 0 Å². The Kier molecular flexibility index (Phi) is 7.43. The van der Waals surface area contributed by atoms with Gasteiger partial charge in [0.2, 0.25) is 5.89 Å². The van der Waals surface area contributed by atoms with Crippen molar-refractivity contribution in [3.8, 4) is 44.8 Å². The molecule has 0 radical (unpaired) electrons. The first-order valence-electron chi connectivity index (χ1n) is 17.8. The number of hydrogen-bond acceptors (Lipinski definition) is 4. The smallest absolute Gasteiger partial charge is 0.227 e. The van der Waals surface area contributed by atoms with E-state index in [1.807, 2.05) is 48.5 Å². The Bertz CT molecular complexity index is 2860. The van der Waals surface area contributed by atoms with Crippen molar-refractivity contribution in [1.29, 1.82) is 0 Å². The number of benzene rings is 8. The van der Waals surface area contributed by atoms with E-state index in [0.29, 0.717) is 11.5 Å². The fourth-order valence-corrected chi connectivity index (χ4v) is 7.29. The molecule has 0 unspecified atom stereocenters. The van der Waals surface area contributed by atoms with Gasteiger partial charge in [0.25, 0.3) is 0 Å². The molecule has 0 aliphatic rings. The van der Waals surface area contributed by atoms with E-state index in [2.05, 4.69) is 150 Å². The first-order valence-corrected chi connectivity index (χ1v) is 17.8. The molecule has 0 spiro atoms. The van der Waals surface area contributed by atoms with Gasteiger partial charge in [0.15, 0.2) is 5.58 Å². The zero-order chi connectivity index (χ0) is 35.1. The summed E-state index contributed by atoms with van der Waals surface area (Å²) in [4.78, 5) is 7.22. The van der Waals surface area contributed by atoms with Crippen molar-refractivity contribution in [1.82, 2.24) is 4.98 Å². The molecule has 10 rings (SSSR count). The lowest BCUT2D eigenvalue weighted by atomic mass is 9.99. The maximum atomic E-state index is 6.54. The van der Waals surface area contributed by atoms with Gasteiger partial charge >= 0.3 is 0 Å². The van der Waals surface area contributed by atoms with E-state index in [0.717, 1.165) is 61.2 Å². The quantitative estimate of drug-likeness (QED) is 0.168. The summed E-state index contributed by atoms with van der Waals surface area (Å²) >= 11 is 0. The van der Waals surface area contributed by atoms with Crippen molar-refractivity contribution in [2.24, 2.45) is 0 Å². The molecule has 2 aromatic heterocycles. The van der Waals surface area contributed by atoms with E-state index in [4.69, 9.17) is 13.8 Å². The normalized spacial score (nSPS) is 11.4. The van der Waals surface area contributed by atoms with E-state index in [9.17, 15) is 0 Å². The standard InChI is InChI=1S/C49H32N2O2/c1-4-12-33(13-5-1)35-22-24-36(25-23-35)37-26-28-40(29-27-37)51(41-19-10-18-39(30-41)34-14-6-2-7-15-34)44-20-11-21-45-48(44)42-31-43-47(32-46(42)52-45)53-49(50-43)38-16-8-3-9-17-38/h1-32H. The van der Waals surface area contributed by atoms with Crippen LogP contribution in [0.5, 0.6) is 0 Å². The second kappa shape index (κ2) is 12.9. The molecule has 0 aliphatic carbocycles. The minimum Gasteiger partial charge on any atom is -0.456 e. The van der Waals surface area contributed by atoms with Gasteiger partial charge in [0, 0.05) is 28.4 Å². The average Bonchev–Trinajstić information content (AvgIpc) is 3.82. The van der Waals surface area contributed by atoms with Crippen molar-refractivity contribution >= 4 is 50.1 Å².